The fourth-order valence-corrected chi connectivity index (χ4v) is 2.22. The highest BCUT2D eigenvalue weighted by Gasteiger charge is 2.36. The summed E-state index contributed by atoms with van der Waals surface area (Å²) >= 11 is 0. The van der Waals surface area contributed by atoms with Crippen LogP contribution in [-0.2, 0) is 15.1 Å². The number of aliphatic hydroxyl groups is 1. The summed E-state index contributed by atoms with van der Waals surface area (Å²) in [6.07, 6.45) is -0.0513. The number of carbonyl (C=O) groups is 1. The molecule has 0 amide bonds. The average Bonchev–Trinajstić information content (AvgIpc) is 2.38. The largest absolute Gasteiger partial charge is 0.496 e. The molecule has 0 fully saturated rings. The van der Waals surface area contributed by atoms with Gasteiger partial charge in [0.1, 0.15) is 11.4 Å². The Balaban J connectivity index is 3.12. The number of aryl methyl sites for hydroxylation is 1. The van der Waals surface area contributed by atoms with Gasteiger partial charge in [-0.2, -0.15) is 0 Å². The number of carbonyl (C=O) groups excluding carboxylic acids is 1. The van der Waals surface area contributed by atoms with Crippen molar-refractivity contribution in [2.45, 2.75) is 39.7 Å². The van der Waals surface area contributed by atoms with Crippen molar-refractivity contribution in [3.63, 3.8) is 0 Å². The molecule has 1 aromatic carbocycles. The number of benzene rings is 1. The van der Waals surface area contributed by atoms with Crippen LogP contribution >= 0.6 is 0 Å². The van der Waals surface area contributed by atoms with Crippen molar-refractivity contribution >= 4 is 5.97 Å². The van der Waals surface area contributed by atoms with Crippen molar-refractivity contribution in [2.75, 3.05) is 13.7 Å². The Bertz CT molecular complexity index is 468. The predicted octanol–water partition coefficient (Wildman–Crippen LogP) is 2.80. The molecule has 0 aromatic heterocycles. The number of ether oxygens (including phenoxy) is 2. The molecule has 0 radical (unpaired) electrons. The van der Waals surface area contributed by atoms with Gasteiger partial charge >= 0.3 is 5.97 Å². The Morgan fingerprint density at radius 2 is 2.05 bits per heavy atom. The lowest BCUT2D eigenvalue weighted by atomic mass is 9.80. The molecule has 0 spiro atoms. The zero-order valence-corrected chi connectivity index (χ0v) is 12.9. The number of methoxy groups -OCH3 is 1. The minimum atomic E-state index is -1.23. The fourth-order valence-electron chi connectivity index (χ4n) is 2.22. The van der Waals surface area contributed by atoms with Gasteiger partial charge in [0.2, 0.25) is 0 Å². The molecule has 0 heterocycles. The molecular formula is C16H24O4. The normalized spacial score (nSPS) is 13.9. The molecule has 4 heteroatoms. The Morgan fingerprint density at radius 3 is 2.50 bits per heavy atom. The molecular weight excluding hydrogens is 256 g/mol. The van der Waals surface area contributed by atoms with E-state index in [1.165, 1.54) is 0 Å². The molecule has 1 aromatic rings. The van der Waals surface area contributed by atoms with Crippen LogP contribution in [0.5, 0.6) is 5.75 Å². The van der Waals surface area contributed by atoms with E-state index >= 15 is 0 Å². The van der Waals surface area contributed by atoms with Gasteiger partial charge < -0.3 is 14.6 Å². The maximum absolute atomic E-state index is 11.7. The topological polar surface area (TPSA) is 55.8 Å². The monoisotopic (exact) mass is 280 g/mol. The van der Waals surface area contributed by atoms with Gasteiger partial charge in [-0.15, -0.1) is 0 Å². The fraction of sp³-hybridized carbons (Fsp3) is 0.562. The van der Waals surface area contributed by atoms with Crippen molar-refractivity contribution in [1.29, 1.82) is 0 Å². The van der Waals surface area contributed by atoms with E-state index in [0.29, 0.717) is 12.2 Å². The minimum Gasteiger partial charge on any atom is -0.496 e. The third kappa shape index (κ3) is 3.51. The Hall–Kier alpha value is -1.55. The van der Waals surface area contributed by atoms with E-state index in [2.05, 4.69) is 0 Å². The first-order chi connectivity index (χ1) is 9.35. The molecule has 0 bridgehead atoms. The van der Waals surface area contributed by atoms with E-state index in [4.69, 9.17) is 9.47 Å². The van der Waals surface area contributed by atoms with E-state index in [1.54, 1.807) is 20.1 Å². The van der Waals surface area contributed by atoms with Crippen LogP contribution in [0.2, 0.25) is 0 Å². The predicted molar refractivity (Wildman–Crippen MR) is 77.7 cm³/mol. The van der Waals surface area contributed by atoms with Crippen LogP contribution in [0, 0.1) is 12.8 Å². The lowest BCUT2D eigenvalue weighted by Crippen LogP contribution is -2.35. The van der Waals surface area contributed by atoms with Crippen molar-refractivity contribution in [3.8, 4) is 5.75 Å². The summed E-state index contributed by atoms with van der Waals surface area (Å²) in [5, 5.41) is 10.9. The molecule has 4 nitrogen and oxygen atoms in total. The zero-order valence-electron chi connectivity index (χ0n) is 12.9. The third-order valence-corrected chi connectivity index (χ3v) is 3.57. The lowest BCUT2D eigenvalue weighted by Gasteiger charge is -2.32. The van der Waals surface area contributed by atoms with Gasteiger partial charge in [0, 0.05) is 0 Å². The van der Waals surface area contributed by atoms with E-state index in [1.807, 2.05) is 32.9 Å². The van der Waals surface area contributed by atoms with Gasteiger partial charge in [0.25, 0.3) is 0 Å². The molecule has 0 aliphatic carbocycles. The van der Waals surface area contributed by atoms with Gasteiger partial charge in [-0.25, -0.2) is 0 Å². The first kappa shape index (κ1) is 16.5. The van der Waals surface area contributed by atoms with Crippen LogP contribution in [0.4, 0.5) is 0 Å². The second-order valence-corrected chi connectivity index (χ2v) is 5.25. The molecule has 0 aliphatic heterocycles. The van der Waals surface area contributed by atoms with Crippen molar-refractivity contribution < 1.29 is 19.4 Å². The van der Waals surface area contributed by atoms with Crippen LogP contribution in [0.25, 0.3) is 0 Å². The molecule has 0 saturated carbocycles. The summed E-state index contributed by atoms with van der Waals surface area (Å²) in [6, 6.07) is 5.46. The van der Waals surface area contributed by atoms with Gasteiger partial charge in [0.05, 0.1) is 20.1 Å². The average molecular weight is 280 g/mol. The number of hydrogen-bond donors (Lipinski definition) is 1. The highest BCUT2D eigenvalue weighted by Crippen LogP contribution is 2.35. The number of hydrogen-bond acceptors (Lipinski definition) is 4. The molecule has 20 heavy (non-hydrogen) atoms. The molecule has 1 N–H and O–H groups in total. The van der Waals surface area contributed by atoms with Crippen LogP contribution < -0.4 is 4.74 Å². The van der Waals surface area contributed by atoms with E-state index in [0.717, 1.165) is 11.3 Å². The molecule has 1 atom stereocenters. The van der Waals surface area contributed by atoms with Crippen LogP contribution in [0.3, 0.4) is 0 Å². The van der Waals surface area contributed by atoms with Gasteiger partial charge in [0.15, 0.2) is 0 Å². The summed E-state index contributed by atoms with van der Waals surface area (Å²) < 4.78 is 10.2. The quantitative estimate of drug-likeness (QED) is 0.814. The summed E-state index contributed by atoms with van der Waals surface area (Å²) in [4.78, 5) is 11.7. The maximum atomic E-state index is 11.7. The van der Waals surface area contributed by atoms with E-state index in [9.17, 15) is 9.90 Å². The first-order valence-electron chi connectivity index (χ1n) is 6.88. The van der Waals surface area contributed by atoms with Crippen molar-refractivity contribution in [3.05, 3.63) is 29.3 Å². The zero-order chi connectivity index (χ0) is 15.3. The van der Waals surface area contributed by atoms with Gasteiger partial charge in [-0.3, -0.25) is 4.79 Å². The highest BCUT2D eigenvalue weighted by atomic mass is 16.5. The molecule has 1 rings (SSSR count). The SMILES string of the molecule is CCOC(=O)C[C@](O)(c1ccc(OC)c(C)c1)C(C)C. The van der Waals surface area contributed by atoms with Gasteiger partial charge in [-0.05, 0) is 43.0 Å². The second kappa shape index (κ2) is 6.75. The standard InChI is InChI=1S/C16H24O4/c1-6-20-15(17)10-16(18,11(2)3)13-7-8-14(19-5)12(4)9-13/h7-9,11,18H,6,10H2,1-5H3/t16-/m1/s1. The first-order valence-corrected chi connectivity index (χ1v) is 6.88. The van der Waals surface area contributed by atoms with Gasteiger partial charge in [-0.1, -0.05) is 19.9 Å². The molecule has 0 unspecified atom stereocenters. The minimum absolute atomic E-state index is 0.0513. The summed E-state index contributed by atoms with van der Waals surface area (Å²) in [7, 11) is 1.61. The Labute approximate surface area is 120 Å². The Morgan fingerprint density at radius 1 is 1.40 bits per heavy atom. The molecule has 112 valence electrons. The van der Waals surface area contributed by atoms with Crippen LogP contribution in [0.1, 0.15) is 38.3 Å². The lowest BCUT2D eigenvalue weighted by molar-refractivity contribution is -0.151. The summed E-state index contributed by atoms with van der Waals surface area (Å²) in [6.45, 7) is 7.75. The van der Waals surface area contributed by atoms with E-state index in [-0.39, 0.29) is 12.3 Å². The number of esters is 1. The smallest absolute Gasteiger partial charge is 0.309 e. The van der Waals surface area contributed by atoms with Crippen LogP contribution in [0.15, 0.2) is 18.2 Å². The molecule has 0 saturated heterocycles. The summed E-state index contributed by atoms with van der Waals surface area (Å²) in [5.41, 5.74) is 0.398. The highest BCUT2D eigenvalue weighted by molar-refractivity contribution is 5.71. The Kier molecular flexibility index (Phi) is 5.57. The van der Waals surface area contributed by atoms with Crippen molar-refractivity contribution in [2.24, 2.45) is 5.92 Å². The number of rotatable bonds is 6. The third-order valence-electron chi connectivity index (χ3n) is 3.57. The van der Waals surface area contributed by atoms with Crippen molar-refractivity contribution in [1.82, 2.24) is 0 Å². The van der Waals surface area contributed by atoms with E-state index < -0.39 is 11.6 Å². The maximum Gasteiger partial charge on any atom is 0.309 e. The second-order valence-electron chi connectivity index (χ2n) is 5.25. The summed E-state index contributed by atoms with van der Waals surface area (Å²) in [5.74, 6) is 0.257. The molecule has 0 aliphatic rings. The van der Waals surface area contributed by atoms with Crippen LogP contribution in [-0.4, -0.2) is 24.8 Å².